The number of rotatable bonds is 10. The molecule has 4 amide bonds. The summed E-state index contributed by atoms with van der Waals surface area (Å²) in [5.41, 5.74) is -0.334. The minimum absolute atomic E-state index is 0.0702. The summed E-state index contributed by atoms with van der Waals surface area (Å²) in [6, 6.07) is 17.4. The van der Waals surface area contributed by atoms with Gasteiger partial charge in [-0.15, -0.1) is 0 Å². The molecule has 0 radical (unpaired) electrons. The molecule has 0 aliphatic carbocycles. The SMILES string of the molecule is Cc1cc(S(=O)(=O)O)c2c(NC(=O)c3ccc(C(C)(C)C)c(NC(=O)Nc4cc(C(=O)Nc5ccc(S(=O)(=O)O)c6cccc(S(=O)(=O)O)c56)ccc4C(C)(C)C)c3)ccc(S(=O)(=O)O)c2c1. The van der Waals surface area contributed by atoms with Crippen molar-refractivity contribution in [3.8, 4) is 0 Å². The van der Waals surface area contributed by atoms with Gasteiger partial charge >= 0.3 is 6.03 Å². The van der Waals surface area contributed by atoms with Crippen molar-refractivity contribution in [3.63, 3.8) is 0 Å². The van der Waals surface area contributed by atoms with E-state index in [1.54, 1.807) is 12.1 Å². The van der Waals surface area contributed by atoms with Crippen LogP contribution in [0.1, 0.15) is 78.9 Å². The van der Waals surface area contributed by atoms with E-state index < -0.39 is 99.5 Å². The van der Waals surface area contributed by atoms with Gasteiger partial charge in [-0.1, -0.05) is 65.8 Å². The van der Waals surface area contributed by atoms with Crippen molar-refractivity contribution >= 4 is 103 Å². The molecule has 0 aliphatic heterocycles. The highest BCUT2D eigenvalue weighted by molar-refractivity contribution is 7.87. The molecule has 8 N–H and O–H groups in total. The molecule has 0 aliphatic rings. The molecule has 0 unspecified atom stereocenters. The van der Waals surface area contributed by atoms with Crippen molar-refractivity contribution in [3.05, 3.63) is 119 Å². The number of amides is 4. The highest BCUT2D eigenvalue weighted by Crippen LogP contribution is 2.39. The summed E-state index contributed by atoms with van der Waals surface area (Å²) >= 11 is 0. The number of carbonyl (C=O) groups excluding carboxylic acids is 3. The molecule has 6 rings (SSSR count). The number of hydrogen-bond donors (Lipinski definition) is 8. The van der Waals surface area contributed by atoms with Crippen LogP contribution in [0.25, 0.3) is 21.5 Å². The quantitative estimate of drug-likeness (QED) is 0.0602. The van der Waals surface area contributed by atoms with Crippen LogP contribution in [-0.4, -0.2) is 69.7 Å². The molecule has 19 nitrogen and oxygen atoms in total. The Hall–Kier alpha value is -6.31. The summed E-state index contributed by atoms with van der Waals surface area (Å²) in [6.45, 7) is 12.5. The molecule has 0 bridgehead atoms. The zero-order chi connectivity index (χ0) is 50.0. The molecule has 0 saturated carbocycles. The van der Waals surface area contributed by atoms with E-state index in [1.807, 2.05) is 41.5 Å². The third-order valence-corrected chi connectivity index (χ3v) is 14.0. The van der Waals surface area contributed by atoms with Crippen LogP contribution in [0.5, 0.6) is 0 Å². The Kier molecular flexibility index (Phi) is 13.0. The lowest BCUT2D eigenvalue weighted by Crippen LogP contribution is -2.26. The summed E-state index contributed by atoms with van der Waals surface area (Å²) < 4.78 is 139. The number of anilines is 4. The van der Waals surface area contributed by atoms with Gasteiger partial charge in [-0.25, -0.2) is 4.79 Å². The van der Waals surface area contributed by atoms with Crippen molar-refractivity contribution in [2.24, 2.45) is 0 Å². The number of nitrogens with one attached hydrogen (secondary N) is 4. The lowest BCUT2D eigenvalue weighted by molar-refractivity contribution is 0.101. The second kappa shape index (κ2) is 17.4. The van der Waals surface area contributed by atoms with Crippen molar-refractivity contribution in [2.45, 2.75) is 78.9 Å². The molecule has 6 aromatic rings. The summed E-state index contributed by atoms with van der Waals surface area (Å²) in [7, 11) is -19.8. The molecule has 0 heterocycles. The zero-order valence-corrected chi connectivity index (χ0v) is 39.8. The summed E-state index contributed by atoms with van der Waals surface area (Å²) in [4.78, 5) is 38.9. The zero-order valence-electron chi connectivity index (χ0n) is 36.6. The molecule has 0 aromatic heterocycles. The maximum Gasteiger partial charge on any atom is 0.323 e. The van der Waals surface area contributed by atoms with Gasteiger partial charge in [0.1, 0.15) is 19.6 Å². The Morgan fingerprint density at radius 1 is 0.433 bits per heavy atom. The van der Waals surface area contributed by atoms with Crippen LogP contribution in [0.3, 0.4) is 0 Å². The van der Waals surface area contributed by atoms with E-state index in [2.05, 4.69) is 21.3 Å². The smallest absolute Gasteiger partial charge is 0.321 e. The first-order chi connectivity index (χ1) is 30.7. The average molecular weight is 997 g/mol. The fourth-order valence-electron chi connectivity index (χ4n) is 7.53. The van der Waals surface area contributed by atoms with Gasteiger partial charge < -0.3 is 21.3 Å². The van der Waals surface area contributed by atoms with Crippen LogP contribution in [-0.2, 0) is 51.3 Å². The number of benzene rings is 6. The van der Waals surface area contributed by atoms with E-state index in [0.717, 1.165) is 42.5 Å². The van der Waals surface area contributed by atoms with Gasteiger partial charge in [0.15, 0.2) is 0 Å². The van der Waals surface area contributed by atoms with Gasteiger partial charge in [0.05, 0.1) is 11.4 Å². The lowest BCUT2D eigenvalue weighted by atomic mass is 9.85. The third-order valence-electron chi connectivity index (χ3n) is 10.4. The fourth-order valence-corrected chi connectivity index (χ4v) is 10.4. The molecule has 0 spiro atoms. The Balaban J connectivity index is 1.36. The minimum atomic E-state index is -5.02. The highest BCUT2D eigenvalue weighted by atomic mass is 32.2. The van der Waals surface area contributed by atoms with Gasteiger partial charge in [0, 0.05) is 44.0 Å². The van der Waals surface area contributed by atoms with Crippen LogP contribution in [0.4, 0.5) is 27.5 Å². The van der Waals surface area contributed by atoms with Crippen molar-refractivity contribution in [2.75, 3.05) is 21.3 Å². The van der Waals surface area contributed by atoms with E-state index in [9.17, 15) is 66.3 Å². The molecule has 23 heteroatoms. The van der Waals surface area contributed by atoms with E-state index in [4.69, 9.17) is 0 Å². The molecule has 354 valence electrons. The van der Waals surface area contributed by atoms with Crippen LogP contribution in [0.15, 0.2) is 111 Å². The first-order valence-corrected chi connectivity index (χ1v) is 25.4. The Morgan fingerprint density at radius 3 is 1.24 bits per heavy atom. The third kappa shape index (κ3) is 10.8. The lowest BCUT2D eigenvalue weighted by Gasteiger charge is -2.26. The van der Waals surface area contributed by atoms with E-state index >= 15 is 0 Å². The number of fused-ring (bicyclic) bond motifs is 2. The second-order valence-corrected chi connectivity index (χ2v) is 23.1. The summed E-state index contributed by atoms with van der Waals surface area (Å²) in [6.07, 6.45) is 0. The predicted molar refractivity (Wildman–Crippen MR) is 251 cm³/mol. The Labute approximate surface area is 386 Å². The minimum Gasteiger partial charge on any atom is -0.321 e. The molecule has 0 saturated heterocycles. The predicted octanol–water partition coefficient (Wildman–Crippen LogP) is 8.03. The highest BCUT2D eigenvalue weighted by Gasteiger charge is 2.28. The van der Waals surface area contributed by atoms with Crippen LogP contribution < -0.4 is 21.3 Å². The Bertz CT molecular complexity index is 3560. The standard InChI is InChI=1S/C44H44N4O15S4/c1-23-19-27-35(65(55,56)57)18-16-31(39(27)37(20-23)67(61,62)63)46-41(50)25-12-14-29(44(5,6)7)33(22-25)48-42(51)47-32-21-24(11-13-28(32)43(2,3)4)40(49)45-30-15-17-34(64(52,53)54)26-9-8-10-36(38(26)30)66(58,59)60/h8-22H,1-7H3,(H,45,49)(H,46,50)(H2,47,48,51)(H,52,53,54)(H,55,56,57)(H,58,59,60)(H,61,62,63). The molecular formula is C44H44N4O15S4. The molecule has 0 atom stereocenters. The first kappa shape index (κ1) is 50.1. The largest absolute Gasteiger partial charge is 0.323 e. The maximum atomic E-state index is 14.0. The van der Waals surface area contributed by atoms with Gasteiger partial charge in [-0.2, -0.15) is 33.7 Å². The van der Waals surface area contributed by atoms with Crippen LogP contribution >= 0.6 is 0 Å². The number of aryl methyl sites for hydroxylation is 1. The van der Waals surface area contributed by atoms with Gasteiger partial charge in [0.25, 0.3) is 52.3 Å². The van der Waals surface area contributed by atoms with E-state index in [-0.39, 0.29) is 50.2 Å². The number of carbonyl (C=O) groups is 3. The monoisotopic (exact) mass is 996 g/mol. The topological polar surface area (TPSA) is 317 Å². The normalized spacial score (nSPS) is 12.8. The molecule has 0 fully saturated rings. The van der Waals surface area contributed by atoms with Crippen LogP contribution in [0, 0.1) is 6.92 Å². The fraction of sp³-hybridized carbons (Fsp3) is 0.205. The Morgan fingerprint density at radius 2 is 0.836 bits per heavy atom. The molecule has 67 heavy (non-hydrogen) atoms. The van der Waals surface area contributed by atoms with Gasteiger partial charge in [0.2, 0.25) is 0 Å². The van der Waals surface area contributed by atoms with Gasteiger partial charge in [-0.05, 0) is 101 Å². The van der Waals surface area contributed by atoms with Gasteiger partial charge in [-0.3, -0.25) is 27.8 Å². The van der Waals surface area contributed by atoms with E-state index in [1.165, 1.54) is 43.3 Å². The second-order valence-electron chi connectivity index (χ2n) is 17.5. The maximum absolute atomic E-state index is 14.0. The average Bonchev–Trinajstić information content (AvgIpc) is 3.17. The van der Waals surface area contributed by atoms with Crippen LogP contribution in [0.2, 0.25) is 0 Å². The number of urea groups is 1. The molecular weight excluding hydrogens is 953 g/mol. The van der Waals surface area contributed by atoms with Crippen molar-refractivity contribution in [1.82, 2.24) is 0 Å². The summed E-state index contributed by atoms with van der Waals surface area (Å²) in [5, 5.41) is 9.12. The first-order valence-electron chi connectivity index (χ1n) is 19.7. The van der Waals surface area contributed by atoms with Crippen molar-refractivity contribution in [1.29, 1.82) is 0 Å². The van der Waals surface area contributed by atoms with E-state index in [0.29, 0.717) is 11.1 Å². The summed E-state index contributed by atoms with van der Waals surface area (Å²) in [5.74, 6) is -1.72. The molecule has 6 aromatic carbocycles. The van der Waals surface area contributed by atoms with Crippen molar-refractivity contribution < 1.29 is 66.3 Å². The number of hydrogen-bond acceptors (Lipinski definition) is 11.